The van der Waals surface area contributed by atoms with E-state index in [2.05, 4.69) is 26.9 Å². The smallest absolute Gasteiger partial charge is 0.254 e. The molecule has 1 amide bonds. The summed E-state index contributed by atoms with van der Waals surface area (Å²) in [6.45, 7) is 0.835. The van der Waals surface area contributed by atoms with Crippen molar-refractivity contribution in [3.63, 3.8) is 0 Å². The molecule has 0 radical (unpaired) electrons. The fourth-order valence-corrected chi connectivity index (χ4v) is 4.12. The quantitative estimate of drug-likeness (QED) is 0.638. The molecule has 0 aliphatic carbocycles. The van der Waals surface area contributed by atoms with Crippen molar-refractivity contribution in [2.75, 3.05) is 20.8 Å². The number of aryl methyl sites for hydroxylation is 1. The Hall–Kier alpha value is -2.01. The second kappa shape index (κ2) is 9.27. The first kappa shape index (κ1) is 19.7. The predicted octanol–water partition coefficient (Wildman–Crippen LogP) is 5.09. The molecular weight excluding hydrogens is 406 g/mol. The van der Waals surface area contributed by atoms with Crippen LogP contribution in [-0.4, -0.2) is 37.6 Å². The molecule has 0 aromatic heterocycles. The lowest BCUT2D eigenvalue weighted by Crippen LogP contribution is -2.44. The number of amides is 1. The summed E-state index contributed by atoms with van der Waals surface area (Å²) in [5.74, 6) is 1.62. The van der Waals surface area contributed by atoms with Gasteiger partial charge < -0.3 is 14.4 Å². The van der Waals surface area contributed by atoms with Crippen molar-refractivity contribution >= 4 is 21.8 Å². The number of likely N-dealkylation sites (tertiary alicyclic amines) is 1. The molecule has 0 spiro atoms. The second-order valence-electron chi connectivity index (χ2n) is 6.89. The van der Waals surface area contributed by atoms with Crippen LogP contribution in [0.1, 0.15) is 41.6 Å². The summed E-state index contributed by atoms with van der Waals surface area (Å²) in [5.41, 5.74) is 1.95. The number of piperidine rings is 1. The van der Waals surface area contributed by atoms with E-state index < -0.39 is 0 Å². The zero-order valence-corrected chi connectivity index (χ0v) is 17.5. The Bertz CT molecular complexity index is 793. The molecule has 144 valence electrons. The lowest BCUT2D eigenvalue weighted by molar-refractivity contribution is 0.0602. The van der Waals surface area contributed by atoms with Gasteiger partial charge in [0.2, 0.25) is 0 Å². The monoisotopic (exact) mass is 431 g/mol. The van der Waals surface area contributed by atoms with Crippen molar-refractivity contribution in [1.82, 2.24) is 4.90 Å². The van der Waals surface area contributed by atoms with Crippen LogP contribution in [-0.2, 0) is 6.42 Å². The van der Waals surface area contributed by atoms with Crippen molar-refractivity contribution in [2.45, 2.75) is 38.1 Å². The molecule has 1 aliphatic heterocycles. The first-order chi connectivity index (χ1) is 13.1. The number of carbonyl (C=O) groups is 1. The van der Waals surface area contributed by atoms with Crippen LogP contribution < -0.4 is 9.47 Å². The van der Waals surface area contributed by atoms with Gasteiger partial charge in [-0.2, -0.15) is 0 Å². The molecule has 4 nitrogen and oxygen atoms in total. The SMILES string of the molecule is COc1ccc(CCC2CCCCN2C(=O)c2cccc(Br)c2)cc1OC. The molecule has 1 fully saturated rings. The number of hydrogen-bond acceptors (Lipinski definition) is 3. The van der Waals surface area contributed by atoms with Gasteiger partial charge in [0.15, 0.2) is 11.5 Å². The first-order valence-corrected chi connectivity index (χ1v) is 10.2. The van der Waals surface area contributed by atoms with Gasteiger partial charge in [0, 0.05) is 22.6 Å². The second-order valence-corrected chi connectivity index (χ2v) is 7.80. The molecule has 27 heavy (non-hydrogen) atoms. The average Bonchev–Trinajstić information content (AvgIpc) is 2.71. The van der Waals surface area contributed by atoms with E-state index >= 15 is 0 Å². The predicted molar refractivity (Wildman–Crippen MR) is 111 cm³/mol. The summed E-state index contributed by atoms with van der Waals surface area (Å²) in [6.07, 6.45) is 5.18. The minimum atomic E-state index is 0.133. The van der Waals surface area contributed by atoms with E-state index in [1.807, 2.05) is 36.4 Å². The van der Waals surface area contributed by atoms with Gasteiger partial charge in [0.25, 0.3) is 5.91 Å². The number of methoxy groups -OCH3 is 2. The number of ether oxygens (including phenoxy) is 2. The Balaban J connectivity index is 1.70. The van der Waals surface area contributed by atoms with E-state index in [-0.39, 0.29) is 11.9 Å². The van der Waals surface area contributed by atoms with Gasteiger partial charge in [-0.25, -0.2) is 0 Å². The Labute approximate surface area is 169 Å². The summed E-state index contributed by atoms with van der Waals surface area (Å²) in [7, 11) is 3.30. The molecule has 3 rings (SSSR count). The number of carbonyl (C=O) groups excluding carboxylic acids is 1. The Morgan fingerprint density at radius 1 is 1.11 bits per heavy atom. The highest BCUT2D eigenvalue weighted by Gasteiger charge is 2.27. The first-order valence-electron chi connectivity index (χ1n) is 9.40. The molecule has 5 heteroatoms. The standard InChI is InChI=1S/C22H26BrNO3/c1-26-20-12-10-16(14-21(20)27-2)9-11-19-8-3-4-13-24(19)22(25)17-6-5-7-18(23)15-17/h5-7,10,12,14-15,19H,3-4,8-9,11,13H2,1-2H3. The fraction of sp³-hybridized carbons (Fsp3) is 0.409. The average molecular weight is 432 g/mol. The van der Waals surface area contributed by atoms with Crippen LogP contribution in [0.3, 0.4) is 0 Å². The number of rotatable bonds is 6. The lowest BCUT2D eigenvalue weighted by Gasteiger charge is -2.36. The largest absolute Gasteiger partial charge is 0.493 e. The summed E-state index contributed by atoms with van der Waals surface area (Å²) in [4.78, 5) is 15.1. The van der Waals surface area contributed by atoms with Gasteiger partial charge in [-0.15, -0.1) is 0 Å². The van der Waals surface area contributed by atoms with Gasteiger partial charge in [0.05, 0.1) is 14.2 Å². The molecule has 0 bridgehead atoms. The minimum absolute atomic E-state index is 0.133. The van der Waals surface area contributed by atoms with Crippen molar-refractivity contribution in [2.24, 2.45) is 0 Å². The fourth-order valence-electron chi connectivity index (χ4n) is 3.72. The van der Waals surface area contributed by atoms with Gasteiger partial charge in [0.1, 0.15) is 0 Å². The molecule has 1 unspecified atom stereocenters. The van der Waals surface area contributed by atoms with Crippen LogP contribution >= 0.6 is 15.9 Å². The maximum atomic E-state index is 13.0. The highest BCUT2D eigenvalue weighted by molar-refractivity contribution is 9.10. The molecular formula is C22H26BrNO3. The molecule has 1 atom stereocenters. The third kappa shape index (κ3) is 4.83. The van der Waals surface area contributed by atoms with Crippen LogP contribution in [0.5, 0.6) is 11.5 Å². The highest BCUT2D eigenvalue weighted by atomic mass is 79.9. The summed E-state index contributed by atoms with van der Waals surface area (Å²) >= 11 is 3.46. The minimum Gasteiger partial charge on any atom is -0.493 e. The maximum Gasteiger partial charge on any atom is 0.254 e. The lowest BCUT2D eigenvalue weighted by atomic mass is 9.95. The van der Waals surface area contributed by atoms with E-state index in [1.165, 1.54) is 12.0 Å². The Morgan fingerprint density at radius 3 is 2.67 bits per heavy atom. The summed E-state index contributed by atoms with van der Waals surface area (Å²) < 4.78 is 11.7. The molecule has 2 aromatic rings. The maximum absolute atomic E-state index is 13.0. The van der Waals surface area contributed by atoms with Crippen LogP contribution in [0.15, 0.2) is 46.9 Å². The van der Waals surface area contributed by atoms with Crippen molar-refractivity contribution < 1.29 is 14.3 Å². The molecule has 1 saturated heterocycles. The van der Waals surface area contributed by atoms with E-state index in [0.717, 1.165) is 53.8 Å². The van der Waals surface area contributed by atoms with E-state index in [1.54, 1.807) is 14.2 Å². The van der Waals surface area contributed by atoms with Crippen LogP contribution in [0, 0.1) is 0 Å². The topological polar surface area (TPSA) is 38.8 Å². The Kier molecular flexibility index (Phi) is 6.78. The molecule has 2 aromatic carbocycles. The third-order valence-corrected chi connectivity index (χ3v) is 5.67. The van der Waals surface area contributed by atoms with Gasteiger partial charge in [-0.3, -0.25) is 4.79 Å². The van der Waals surface area contributed by atoms with Crippen molar-refractivity contribution in [3.8, 4) is 11.5 Å². The van der Waals surface area contributed by atoms with E-state index in [9.17, 15) is 4.79 Å². The number of hydrogen-bond donors (Lipinski definition) is 0. The summed E-state index contributed by atoms with van der Waals surface area (Å²) in [6, 6.07) is 14.0. The van der Waals surface area contributed by atoms with Gasteiger partial charge in [-0.05, 0) is 68.0 Å². The molecule has 1 aliphatic rings. The number of halogens is 1. The van der Waals surface area contributed by atoms with Crippen molar-refractivity contribution in [1.29, 1.82) is 0 Å². The van der Waals surface area contributed by atoms with Gasteiger partial charge >= 0.3 is 0 Å². The zero-order valence-electron chi connectivity index (χ0n) is 15.9. The molecule has 0 N–H and O–H groups in total. The highest BCUT2D eigenvalue weighted by Crippen LogP contribution is 2.29. The third-order valence-electron chi connectivity index (χ3n) is 5.17. The normalized spacial score (nSPS) is 16.9. The van der Waals surface area contributed by atoms with Crippen LogP contribution in [0.2, 0.25) is 0 Å². The van der Waals surface area contributed by atoms with Crippen LogP contribution in [0.4, 0.5) is 0 Å². The van der Waals surface area contributed by atoms with Crippen LogP contribution in [0.25, 0.3) is 0 Å². The summed E-state index contributed by atoms with van der Waals surface area (Å²) in [5, 5.41) is 0. The van der Waals surface area contributed by atoms with Crippen molar-refractivity contribution in [3.05, 3.63) is 58.1 Å². The zero-order chi connectivity index (χ0) is 19.2. The van der Waals surface area contributed by atoms with E-state index in [4.69, 9.17) is 9.47 Å². The molecule has 0 saturated carbocycles. The van der Waals surface area contributed by atoms with E-state index in [0.29, 0.717) is 0 Å². The number of nitrogens with zero attached hydrogens (tertiary/aromatic N) is 1. The van der Waals surface area contributed by atoms with Gasteiger partial charge in [-0.1, -0.05) is 28.1 Å². The number of benzene rings is 2. The molecule has 1 heterocycles. The Morgan fingerprint density at radius 2 is 1.93 bits per heavy atom.